The van der Waals surface area contributed by atoms with E-state index in [9.17, 15) is 14.4 Å². The van der Waals surface area contributed by atoms with Gasteiger partial charge in [-0.25, -0.2) is 4.79 Å². The molecule has 3 N–H and O–H groups in total. The predicted molar refractivity (Wildman–Crippen MR) is 114 cm³/mol. The molecule has 1 unspecified atom stereocenters. The number of carbonyl (C=O) groups excluding carboxylic acids is 3. The van der Waals surface area contributed by atoms with Gasteiger partial charge in [-0.05, 0) is 36.2 Å². The fourth-order valence-electron chi connectivity index (χ4n) is 2.62. The van der Waals surface area contributed by atoms with Crippen LogP contribution in [0.5, 0.6) is 0 Å². The highest BCUT2D eigenvalue weighted by Gasteiger charge is 2.24. The van der Waals surface area contributed by atoms with E-state index in [0.29, 0.717) is 23.5 Å². The lowest BCUT2D eigenvalue weighted by Crippen LogP contribution is -2.47. The lowest BCUT2D eigenvalue weighted by Gasteiger charge is -2.22. The van der Waals surface area contributed by atoms with Gasteiger partial charge in [-0.1, -0.05) is 38.1 Å². The third kappa shape index (κ3) is 7.21. The fraction of sp³-hybridized carbons (Fsp3) is 0.318. The number of ether oxygens (including phenoxy) is 2. The lowest BCUT2D eigenvalue weighted by molar-refractivity contribution is -0.118. The molecule has 0 bridgehead atoms. The zero-order chi connectivity index (χ0) is 21.9. The van der Waals surface area contributed by atoms with E-state index in [4.69, 9.17) is 9.47 Å². The minimum atomic E-state index is -0.728. The first-order chi connectivity index (χ1) is 14.4. The van der Waals surface area contributed by atoms with Crippen molar-refractivity contribution in [2.45, 2.75) is 19.9 Å². The second kappa shape index (κ2) is 11.6. The molecule has 0 spiro atoms. The van der Waals surface area contributed by atoms with Crippen LogP contribution in [0.2, 0.25) is 0 Å². The summed E-state index contributed by atoms with van der Waals surface area (Å²) in [5, 5.41) is 8.14. The number of hydrogen-bond donors (Lipinski definition) is 3. The molecule has 8 nitrogen and oxygen atoms in total. The zero-order valence-corrected chi connectivity index (χ0v) is 17.3. The SMILES string of the molecule is COCCOC(=O)Nc1cccc(NC(=O)C(NC(=O)c2ccccc2)C(C)C)c1. The predicted octanol–water partition coefficient (Wildman–Crippen LogP) is 3.27. The Hall–Kier alpha value is -3.39. The zero-order valence-electron chi connectivity index (χ0n) is 17.3. The van der Waals surface area contributed by atoms with Gasteiger partial charge in [-0.15, -0.1) is 0 Å². The number of carbonyl (C=O) groups is 3. The molecular weight excluding hydrogens is 386 g/mol. The third-order valence-corrected chi connectivity index (χ3v) is 4.17. The van der Waals surface area contributed by atoms with E-state index in [0.717, 1.165) is 0 Å². The molecule has 3 amide bonds. The normalized spacial score (nSPS) is 11.5. The van der Waals surface area contributed by atoms with Crippen molar-refractivity contribution in [1.29, 1.82) is 0 Å². The number of amides is 3. The number of benzene rings is 2. The molecule has 8 heteroatoms. The number of rotatable bonds is 9. The van der Waals surface area contributed by atoms with E-state index in [2.05, 4.69) is 16.0 Å². The molecule has 30 heavy (non-hydrogen) atoms. The first-order valence-electron chi connectivity index (χ1n) is 9.60. The maximum atomic E-state index is 12.8. The van der Waals surface area contributed by atoms with Gasteiger partial charge in [0, 0.05) is 24.0 Å². The Kier molecular flexibility index (Phi) is 8.83. The van der Waals surface area contributed by atoms with Gasteiger partial charge in [0.2, 0.25) is 5.91 Å². The van der Waals surface area contributed by atoms with Crippen LogP contribution in [0.1, 0.15) is 24.2 Å². The quantitative estimate of drug-likeness (QED) is 0.547. The molecule has 1 atom stereocenters. The minimum Gasteiger partial charge on any atom is -0.447 e. The molecule has 0 saturated heterocycles. The summed E-state index contributed by atoms with van der Waals surface area (Å²) < 4.78 is 9.77. The maximum Gasteiger partial charge on any atom is 0.411 e. The van der Waals surface area contributed by atoms with Gasteiger partial charge in [0.15, 0.2) is 0 Å². The average Bonchev–Trinajstić information content (AvgIpc) is 2.72. The summed E-state index contributed by atoms with van der Waals surface area (Å²) in [5.74, 6) is -0.803. The van der Waals surface area contributed by atoms with Crippen molar-refractivity contribution in [1.82, 2.24) is 5.32 Å². The van der Waals surface area contributed by atoms with Crippen molar-refractivity contribution >= 4 is 29.3 Å². The first kappa shape index (κ1) is 22.9. The Bertz CT molecular complexity index is 855. The first-order valence-corrected chi connectivity index (χ1v) is 9.60. The van der Waals surface area contributed by atoms with E-state index in [1.54, 1.807) is 48.5 Å². The van der Waals surface area contributed by atoms with Crippen LogP contribution in [0.3, 0.4) is 0 Å². The standard InChI is InChI=1S/C22H27N3O5/c1-15(2)19(25-20(26)16-8-5-4-6-9-16)21(27)23-17-10-7-11-18(14-17)24-22(28)30-13-12-29-3/h4-11,14-15,19H,12-13H2,1-3H3,(H,23,27)(H,24,28)(H,25,26). The van der Waals surface area contributed by atoms with Crippen LogP contribution >= 0.6 is 0 Å². The molecule has 0 radical (unpaired) electrons. The van der Waals surface area contributed by atoms with Crippen LogP contribution in [-0.2, 0) is 14.3 Å². The second-order valence-electron chi connectivity index (χ2n) is 6.88. The van der Waals surface area contributed by atoms with Gasteiger partial charge in [-0.2, -0.15) is 0 Å². The molecule has 2 aromatic carbocycles. The molecule has 2 rings (SSSR count). The summed E-state index contributed by atoms with van der Waals surface area (Å²) in [7, 11) is 1.51. The monoisotopic (exact) mass is 413 g/mol. The number of anilines is 2. The Balaban J connectivity index is 2.00. The van der Waals surface area contributed by atoms with Crippen molar-refractivity contribution in [3.63, 3.8) is 0 Å². The number of nitrogens with one attached hydrogen (secondary N) is 3. The van der Waals surface area contributed by atoms with Gasteiger partial charge in [-0.3, -0.25) is 14.9 Å². The summed E-state index contributed by atoms with van der Waals surface area (Å²) in [4.78, 5) is 37.0. The summed E-state index contributed by atoms with van der Waals surface area (Å²) in [6.07, 6.45) is -0.620. The Morgan fingerprint density at radius 1 is 0.900 bits per heavy atom. The van der Waals surface area contributed by atoms with Crippen LogP contribution in [0.4, 0.5) is 16.2 Å². The molecule has 2 aromatic rings. The van der Waals surface area contributed by atoms with Gasteiger partial charge in [0.25, 0.3) is 5.91 Å². The van der Waals surface area contributed by atoms with Crippen molar-refractivity contribution in [3.05, 3.63) is 60.2 Å². The molecule has 0 heterocycles. The summed E-state index contributed by atoms with van der Waals surface area (Å²) in [6.45, 7) is 4.14. The minimum absolute atomic E-state index is 0.130. The van der Waals surface area contributed by atoms with Crippen molar-refractivity contribution < 1.29 is 23.9 Å². The highest BCUT2D eigenvalue weighted by atomic mass is 16.6. The van der Waals surface area contributed by atoms with E-state index >= 15 is 0 Å². The van der Waals surface area contributed by atoms with E-state index in [1.807, 2.05) is 19.9 Å². The van der Waals surface area contributed by atoms with Gasteiger partial charge < -0.3 is 20.1 Å². The Morgan fingerprint density at radius 2 is 1.57 bits per heavy atom. The van der Waals surface area contributed by atoms with Crippen LogP contribution in [-0.4, -0.2) is 44.3 Å². The molecular formula is C22H27N3O5. The van der Waals surface area contributed by atoms with Crippen LogP contribution in [0, 0.1) is 5.92 Å². The number of methoxy groups -OCH3 is 1. The molecule has 0 aliphatic heterocycles. The molecule has 0 aliphatic rings. The van der Waals surface area contributed by atoms with Crippen molar-refractivity contribution in [3.8, 4) is 0 Å². The molecule has 0 aromatic heterocycles. The maximum absolute atomic E-state index is 12.8. The van der Waals surface area contributed by atoms with Gasteiger partial charge in [0.05, 0.1) is 6.61 Å². The highest BCUT2D eigenvalue weighted by Crippen LogP contribution is 2.17. The van der Waals surface area contributed by atoms with Crippen LogP contribution < -0.4 is 16.0 Å². The highest BCUT2D eigenvalue weighted by molar-refractivity contribution is 6.01. The van der Waals surface area contributed by atoms with E-state index in [-0.39, 0.29) is 24.3 Å². The van der Waals surface area contributed by atoms with Gasteiger partial charge in [0.1, 0.15) is 12.6 Å². The van der Waals surface area contributed by atoms with Crippen LogP contribution in [0.15, 0.2) is 54.6 Å². The Labute approximate surface area is 175 Å². The molecule has 0 fully saturated rings. The fourth-order valence-corrected chi connectivity index (χ4v) is 2.62. The third-order valence-electron chi connectivity index (χ3n) is 4.17. The Morgan fingerprint density at radius 3 is 2.20 bits per heavy atom. The van der Waals surface area contributed by atoms with E-state index in [1.165, 1.54) is 7.11 Å². The second-order valence-corrected chi connectivity index (χ2v) is 6.88. The summed E-state index contributed by atoms with van der Waals surface area (Å²) >= 11 is 0. The molecule has 0 aliphatic carbocycles. The number of hydrogen-bond acceptors (Lipinski definition) is 5. The van der Waals surface area contributed by atoms with Crippen LogP contribution in [0.25, 0.3) is 0 Å². The summed E-state index contributed by atoms with van der Waals surface area (Å²) in [5.41, 5.74) is 1.42. The van der Waals surface area contributed by atoms with Crippen molar-refractivity contribution in [2.75, 3.05) is 31.0 Å². The van der Waals surface area contributed by atoms with Crippen molar-refractivity contribution in [2.24, 2.45) is 5.92 Å². The molecule has 0 saturated carbocycles. The van der Waals surface area contributed by atoms with Gasteiger partial charge >= 0.3 is 6.09 Å². The average molecular weight is 413 g/mol. The largest absolute Gasteiger partial charge is 0.447 e. The molecule has 160 valence electrons. The van der Waals surface area contributed by atoms with E-state index < -0.39 is 12.1 Å². The topological polar surface area (TPSA) is 106 Å². The summed E-state index contributed by atoms with van der Waals surface area (Å²) in [6, 6.07) is 14.6. The lowest BCUT2D eigenvalue weighted by atomic mass is 10.0. The smallest absolute Gasteiger partial charge is 0.411 e.